The van der Waals surface area contributed by atoms with Crippen LogP contribution in [0.25, 0.3) is 223 Å². The lowest BCUT2D eigenvalue weighted by molar-refractivity contribution is -0.119. The highest BCUT2D eigenvalue weighted by Gasteiger charge is 2.25. The SMILES string of the molecule is CC(C)C(=O)Nc1cncc(-c2cnc3n[nH]c(-c4nc5c(-c6cccc(Cl)c6)cccc5[nH]4)c3c2)c1.CC(C)CC(=O)Nc1cncc(-c2cnc3n[nH]c(-c4nc5c(-c6cccc(Cl)c6)cccc5[nH]4)c3c2)c1.CCC(=O)Cc1ccc(-c2cnc3n[nH]c(-c4nc5c(-c6cccc(Cl)c6)cccc5[nH]4)c3c2)cn1.CCC(=O)Nc1cncc(-c2cnc3n[nH]c(-c4nc5c(-c6cccc(Cl)c6)cccc5[nH]4)c3c2)c1. The molecule has 0 fully saturated rings. The Morgan fingerprint density at radius 3 is 0.912 bits per heavy atom. The molecule has 24 aromatic rings. The van der Waals surface area contributed by atoms with Crippen molar-refractivity contribution in [3.05, 3.63) is 318 Å². The molecule has 16 aromatic heterocycles. The third-order valence-electron chi connectivity index (χ3n) is 24.6. The molecule has 0 radical (unpaired) electrons. The molecule has 0 aliphatic rings. The molecule has 3 amide bonds. The Kier molecular flexibility index (Phi) is 26.9. The van der Waals surface area contributed by atoms with Gasteiger partial charge in [0.25, 0.3) is 0 Å². The minimum atomic E-state index is -0.127. The maximum atomic E-state index is 12.2. The van der Waals surface area contributed by atoms with E-state index in [1.54, 1.807) is 75.1 Å². The number of H-pyrrole nitrogens is 8. The van der Waals surface area contributed by atoms with Crippen LogP contribution < -0.4 is 16.0 Å². The summed E-state index contributed by atoms with van der Waals surface area (Å²) in [5.41, 5.74) is 29.7. The molecule has 0 saturated carbocycles. The highest BCUT2D eigenvalue weighted by Crippen LogP contribution is 2.41. The molecule has 16 heterocycles. The predicted molar refractivity (Wildman–Crippen MR) is 580 cm³/mol. The highest BCUT2D eigenvalue weighted by atomic mass is 35.5. The summed E-state index contributed by atoms with van der Waals surface area (Å²) in [5, 5.41) is 44.6. The summed E-state index contributed by atoms with van der Waals surface area (Å²) in [7, 11) is 0. The van der Waals surface area contributed by atoms with Crippen molar-refractivity contribution in [2.24, 2.45) is 11.8 Å². The predicted octanol–water partition coefficient (Wildman–Crippen LogP) is 26.0. The van der Waals surface area contributed by atoms with E-state index in [4.69, 9.17) is 66.3 Å². The van der Waals surface area contributed by atoms with Crippen LogP contribution in [0.5, 0.6) is 0 Å². The van der Waals surface area contributed by atoms with Gasteiger partial charge >= 0.3 is 0 Å². The number of carbonyl (C=O) groups is 4. The fraction of sp³-hybridized carbons (Fsp3) is 0.107. The number of para-hydroxylation sites is 4. The minimum Gasteiger partial charge on any atom is -0.337 e. The van der Waals surface area contributed by atoms with Crippen LogP contribution in [0.3, 0.4) is 0 Å². The van der Waals surface area contributed by atoms with E-state index >= 15 is 0 Å². The topological polar surface area (TPSA) is 437 Å². The maximum Gasteiger partial charge on any atom is 0.226 e. The zero-order valence-corrected chi connectivity index (χ0v) is 82.5. The van der Waals surface area contributed by atoms with E-state index in [0.717, 1.165) is 183 Å². The smallest absolute Gasteiger partial charge is 0.226 e. The molecule has 8 aromatic carbocycles. The molecule has 0 atom stereocenters. The van der Waals surface area contributed by atoms with Gasteiger partial charge in [0.15, 0.2) is 45.9 Å². The number of benzene rings is 8. The first-order chi connectivity index (χ1) is 71.6. The fourth-order valence-electron chi connectivity index (χ4n) is 17.3. The quantitative estimate of drug-likeness (QED) is 0.0300. The molecule has 35 heteroatoms. The lowest BCUT2D eigenvalue weighted by Gasteiger charge is -2.09. The number of hydrogen-bond donors (Lipinski definition) is 11. The number of amides is 3. The molecule has 0 bridgehead atoms. The van der Waals surface area contributed by atoms with Crippen molar-refractivity contribution < 1.29 is 19.2 Å². The lowest BCUT2D eigenvalue weighted by Crippen LogP contribution is -2.17. The number of nitrogens with one attached hydrogen (secondary N) is 11. The van der Waals surface area contributed by atoms with E-state index in [0.29, 0.717) is 109 Å². The zero-order valence-electron chi connectivity index (χ0n) is 79.5. The number of rotatable bonds is 22. The summed E-state index contributed by atoms with van der Waals surface area (Å²) in [6, 6.07) is 72.5. The second kappa shape index (κ2) is 41.5. The maximum absolute atomic E-state index is 12.2. The van der Waals surface area contributed by atoms with Gasteiger partial charge in [-0.3, -0.25) is 59.5 Å². The molecule has 0 aliphatic heterocycles. The van der Waals surface area contributed by atoms with Crippen LogP contribution in [-0.4, -0.2) is 144 Å². The van der Waals surface area contributed by atoms with E-state index in [1.165, 1.54) is 0 Å². The van der Waals surface area contributed by atoms with Gasteiger partial charge in [0.2, 0.25) is 17.7 Å². The number of imidazole rings is 4. The number of anilines is 3. The van der Waals surface area contributed by atoms with Gasteiger partial charge in [-0.2, -0.15) is 20.4 Å². The van der Waals surface area contributed by atoms with Crippen LogP contribution in [0, 0.1) is 11.8 Å². The van der Waals surface area contributed by atoms with Crippen molar-refractivity contribution in [1.29, 1.82) is 0 Å². The summed E-state index contributed by atoms with van der Waals surface area (Å²) in [5.74, 6) is 2.79. The third-order valence-corrected chi connectivity index (χ3v) is 25.5. The molecule has 0 saturated heterocycles. The standard InChI is InChI=1S/C29H24ClN7O.C28H22ClN7O.C28H21ClN6O.C27H20ClN7O/c1-16(2)9-25(38)33-21-11-18(13-31-15-21)19-12-23-27(36-37-28(23)32-14-19)29-34-24-8-4-7-22(26(24)35-29)17-5-3-6-20(30)10-17;1-15(2)28(37)32-20-10-17(12-30-14-20)18-11-22-25(35-36-26(22)31-13-18)27-33-23-8-4-7-21(24(23)34-27)16-5-3-6-19(29)9-16;1-2-21(36)13-20-10-9-17(14-30-20)18-12-23-26(34-35-27(23)31-15-18)28-32-24-8-4-7-22(25(24)33-28)16-5-3-6-19(29)11-16;1-2-23(36)31-19-10-16(12-29-14-19)17-11-21-25(34-35-26(21)30-13-17)27-32-22-8-4-7-20(24(22)33-27)15-5-3-6-18(28)9-15/h3-8,10-16H,9H2,1-2H3,(H,33,38)(H,34,35)(H,32,36,37);3-15H,1-2H3,(H,32,37)(H,33,34)(H,31,35,36);3-12,14-15H,2,13H2,1H3,(H,32,33)(H,31,34,35);3-14H,2H2,1H3,(H,31,36)(H,32,33)(H,30,34,35). The summed E-state index contributed by atoms with van der Waals surface area (Å²) < 4.78 is 0. The number of halogens is 4. The number of carbonyl (C=O) groups excluding carboxylic acids is 4. The highest BCUT2D eigenvalue weighted by molar-refractivity contribution is 6.32. The number of fused-ring (bicyclic) bond motifs is 8. The minimum absolute atomic E-state index is 0.0355. The number of Topliss-reactive ketones (excluding diaryl/α,β-unsaturated/α-hetero) is 1. The zero-order chi connectivity index (χ0) is 101. The van der Waals surface area contributed by atoms with E-state index < -0.39 is 0 Å². The molecule has 24 rings (SSSR count). The van der Waals surface area contributed by atoms with E-state index in [9.17, 15) is 19.2 Å². The second-order valence-corrected chi connectivity index (χ2v) is 37.4. The Balaban J connectivity index is 0.000000115. The molecule has 31 nitrogen and oxygen atoms in total. The Morgan fingerprint density at radius 2 is 0.612 bits per heavy atom. The van der Waals surface area contributed by atoms with Crippen LogP contribution in [0.2, 0.25) is 20.1 Å². The van der Waals surface area contributed by atoms with Crippen LogP contribution in [0.15, 0.2) is 293 Å². The Labute approximate surface area is 857 Å². The van der Waals surface area contributed by atoms with Crippen molar-refractivity contribution in [2.75, 3.05) is 16.0 Å². The normalized spacial score (nSPS) is 11.4. The van der Waals surface area contributed by atoms with E-state index in [-0.39, 0.29) is 35.3 Å². The van der Waals surface area contributed by atoms with E-state index in [2.05, 4.69) is 117 Å². The van der Waals surface area contributed by atoms with Gasteiger partial charge in [0.05, 0.1) is 101 Å². The largest absolute Gasteiger partial charge is 0.337 e. The van der Waals surface area contributed by atoms with Gasteiger partial charge in [0.1, 0.15) is 28.6 Å². The Bertz CT molecular complexity index is 9170. The first-order valence-corrected chi connectivity index (χ1v) is 48.7. The molecular formula is C112H87Cl4N27O4. The summed E-state index contributed by atoms with van der Waals surface area (Å²) >= 11 is 24.9. The van der Waals surface area contributed by atoms with Gasteiger partial charge in [-0.15, -0.1) is 0 Å². The summed E-state index contributed by atoms with van der Waals surface area (Å²) in [6.45, 7) is 11.4. The van der Waals surface area contributed by atoms with Crippen molar-refractivity contribution >= 4 is 175 Å². The summed E-state index contributed by atoms with van der Waals surface area (Å²) in [6.07, 6.45) is 20.6. The Hall–Kier alpha value is -18.0. The third kappa shape index (κ3) is 20.6. The van der Waals surface area contributed by atoms with E-state index in [1.807, 2.05) is 259 Å². The van der Waals surface area contributed by atoms with Crippen molar-refractivity contribution in [2.45, 2.75) is 67.2 Å². The second-order valence-electron chi connectivity index (χ2n) is 35.7. The van der Waals surface area contributed by atoms with Crippen LogP contribution >= 0.6 is 46.4 Å². The average molecular weight is 2020 g/mol. The summed E-state index contributed by atoms with van der Waals surface area (Å²) in [4.78, 5) is 117. The first kappa shape index (κ1) is 95.2. The number of hydrogen-bond acceptors (Lipinski definition) is 20. The number of ketones is 1. The number of aromatic nitrogens is 24. The van der Waals surface area contributed by atoms with Crippen LogP contribution in [-0.2, 0) is 25.6 Å². The lowest BCUT2D eigenvalue weighted by atomic mass is 10.0. The molecular weight excluding hydrogens is 1930 g/mol. The number of aromatic amines is 8. The molecule has 0 spiro atoms. The molecule has 0 aliphatic carbocycles. The number of nitrogens with zero attached hydrogens (tertiary/aromatic N) is 16. The number of pyridine rings is 8. The molecule has 11 N–H and O–H groups in total. The van der Waals surface area contributed by atoms with Gasteiger partial charge in [-0.1, -0.05) is 191 Å². The monoisotopic (exact) mass is 2010 g/mol. The van der Waals surface area contributed by atoms with Gasteiger partial charge < -0.3 is 35.9 Å². The average Bonchev–Trinajstić information content (AvgIpc) is 1.63. The van der Waals surface area contributed by atoms with Crippen LogP contribution in [0.1, 0.15) is 66.5 Å². The van der Waals surface area contributed by atoms with Crippen molar-refractivity contribution in [3.63, 3.8) is 0 Å². The van der Waals surface area contributed by atoms with Crippen molar-refractivity contribution in [3.8, 4) is 135 Å². The Morgan fingerprint density at radius 1 is 0.306 bits per heavy atom. The van der Waals surface area contributed by atoms with Gasteiger partial charge in [-0.05, 0) is 149 Å². The molecule has 0 unspecified atom stereocenters. The van der Waals surface area contributed by atoms with Crippen LogP contribution in [0.4, 0.5) is 17.1 Å². The molecule has 147 heavy (non-hydrogen) atoms. The van der Waals surface area contributed by atoms with Gasteiger partial charge in [0, 0.05) is 174 Å². The van der Waals surface area contributed by atoms with Gasteiger partial charge in [-0.25, -0.2) is 39.9 Å². The van der Waals surface area contributed by atoms with Crippen molar-refractivity contribution in [1.82, 2.24) is 121 Å². The fourth-order valence-corrected chi connectivity index (χ4v) is 18.0. The first-order valence-electron chi connectivity index (χ1n) is 47.2. The molecule has 722 valence electrons.